The number of fused-ring (bicyclic) bond motifs is 1. The van der Waals surface area contributed by atoms with Gasteiger partial charge in [-0.15, -0.1) is 0 Å². The van der Waals surface area contributed by atoms with Crippen molar-refractivity contribution in [2.45, 2.75) is 31.2 Å². The predicted octanol–water partition coefficient (Wildman–Crippen LogP) is 4.31. The zero-order chi connectivity index (χ0) is 19.9. The Bertz CT molecular complexity index is 967. The lowest BCUT2D eigenvalue weighted by Crippen LogP contribution is -2.35. The minimum absolute atomic E-state index is 0.0511. The fourth-order valence-electron chi connectivity index (χ4n) is 3.07. The Balaban J connectivity index is 1.65. The molecule has 0 bridgehead atoms. The van der Waals surface area contributed by atoms with Crippen molar-refractivity contribution >= 4 is 23.3 Å². The van der Waals surface area contributed by atoms with Crippen LogP contribution in [0.25, 0.3) is 0 Å². The van der Waals surface area contributed by atoms with Gasteiger partial charge in [0.25, 0.3) is 5.91 Å². The Kier molecular flexibility index (Phi) is 4.58. The highest BCUT2D eigenvalue weighted by molar-refractivity contribution is 6.36. The van der Waals surface area contributed by atoms with Crippen LogP contribution in [0.3, 0.4) is 0 Å². The van der Waals surface area contributed by atoms with E-state index < -0.39 is 24.2 Å². The van der Waals surface area contributed by atoms with Gasteiger partial charge in [0.05, 0.1) is 25.1 Å². The predicted molar refractivity (Wildman–Crippen MR) is 91.9 cm³/mol. The first-order valence-corrected chi connectivity index (χ1v) is 8.67. The van der Waals surface area contributed by atoms with E-state index in [1.54, 1.807) is 24.3 Å². The van der Waals surface area contributed by atoms with Gasteiger partial charge < -0.3 is 19.5 Å². The molecule has 1 aliphatic rings. The summed E-state index contributed by atoms with van der Waals surface area (Å²) in [5.74, 6) is 0.0274. The molecule has 2 N–H and O–H groups in total. The standard InChI is InChI=1S/C17H14ClF3N4O3/c18-13-14(16(26)22-8-9-3-1-5-27-9)24-25-12(17(19,20)21)7-10(23-15(13)25)11-4-2-6-28-11/h1-6,10,12,23H,7-8H2,(H,22,26)/t10-,12-/m1/s1. The SMILES string of the molecule is O=C(NCc1ccco1)c1nn2c(c1Cl)N[C@@H](c1ccco1)C[C@@H]2C(F)(F)F. The van der Waals surface area contributed by atoms with Crippen LogP contribution in [0.4, 0.5) is 19.0 Å². The maximum absolute atomic E-state index is 13.6. The van der Waals surface area contributed by atoms with Crippen molar-refractivity contribution in [2.24, 2.45) is 0 Å². The largest absolute Gasteiger partial charge is 0.467 e. The third-order valence-corrected chi connectivity index (χ3v) is 4.76. The van der Waals surface area contributed by atoms with Gasteiger partial charge in [-0.2, -0.15) is 18.3 Å². The van der Waals surface area contributed by atoms with Gasteiger partial charge in [-0.1, -0.05) is 11.6 Å². The average molecular weight is 415 g/mol. The van der Waals surface area contributed by atoms with E-state index in [2.05, 4.69) is 15.7 Å². The van der Waals surface area contributed by atoms with Crippen molar-refractivity contribution in [2.75, 3.05) is 5.32 Å². The van der Waals surface area contributed by atoms with Crippen molar-refractivity contribution in [1.29, 1.82) is 0 Å². The maximum atomic E-state index is 13.6. The minimum Gasteiger partial charge on any atom is -0.467 e. The summed E-state index contributed by atoms with van der Waals surface area (Å²) < 4.78 is 52.0. The molecule has 0 aromatic carbocycles. The molecule has 11 heteroatoms. The molecule has 0 fully saturated rings. The topological polar surface area (TPSA) is 85.2 Å². The van der Waals surface area contributed by atoms with Crippen LogP contribution < -0.4 is 10.6 Å². The van der Waals surface area contributed by atoms with E-state index in [0.717, 1.165) is 0 Å². The number of rotatable bonds is 4. The van der Waals surface area contributed by atoms with E-state index in [9.17, 15) is 18.0 Å². The smallest absolute Gasteiger partial charge is 0.410 e. The number of amides is 1. The fraction of sp³-hybridized carbons (Fsp3) is 0.294. The molecule has 0 aliphatic carbocycles. The van der Waals surface area contributed by atoms with Crippen LogP contribution >= 0.6 is 11.6 Å². The van der Waals surface area contributed by atoms with E-state index in [4.69, 9.17) is 20.4 Å². The van der Waals surface area contributed by atoms with Crippen molar-refractivity contribution in [3.63, 3.8) is 0 Å². The summed E-state index contributed by atoms with van der Waals surface area (Å²) in [5, 5.41) is 9.06. The molecule has 3 aromatic heterocycles. The second-order valence-electron chi connectivity index (χ2n) is 6.22. The van der Waals surface area contributed by atoms with Gasteiger partial charge in [0.1, 0.15) is 22.4 Å². The van der Waals surface area contributed by atoms with Gasteiger partial charge in [0.2, 0.25) is 0 Å². The van der Waals surface area contributed by atoms with Gasteiger partial charge in [-0.3, -0.25) is 4.79 Å². The normalized spacial score (nSPS) is 19.1. The second-order valence-corrected chi connectivity index (χ2v) is 6.60. The van der Waals surface area contributed by atoms with Gasteiger partial charge in [0, 0.05) is 6.42 Å². The number of nitrogens with one attached hydrogen (secondary N) is 2. The number of nitrogens with zero attached hydrogens (tertiary/aromatic N) is 2. The minimum atomic E-state index is -4.58. The zero-order valence-electron chi connectivity index (χ0n) is 14.2. The van der Waals surface area contributed by atoms with Crippen molar-refractivity contribution in [3.05, 3.63) is 59.0 Å². The molecule has 0 saturated heterocycles. The van der Waals surface area contributed by atoms with Crippen LogP contribution in [0.1, 0.15) is 40.5 Å². The van der Waals surface area contributed by atoms with Crippen LogP contribution in [-0.4, -0.2) is 21.9 Å². The number of hydrogen-bond acceptors (Lipinski definition) is 5. The van der Waals surface area contributed by atoms with E-state index in [-0.39, 0.29) is 29.5 Å². The zero-order valence-corrected chi connectivity index (χ0v) is 14.9. The first-order valence-electron chi connectivity index (χ1n) is 8.30. The Labute approximate surface area is 161 Å². The Morgan fingerprint density at radius 2 is 2.07 bits per heavy atom. The van der Waals surface area contributed by atoms with E-state index in [1.165, 1.54) is 12.5 Å². The van der Waals surface area contributed by atoms with E-state index in [0.29, 0.717) is 16.2 Å². The molecule has 0 unspecified atom stereocenters. The summed E-state index contributed by atoms with van der Waals surface area (Å²) in [6.45, 7) is 0.0511. The van der Waals surface area contributed by atoms with Crippen LogP contribution in [0.5, 0.6) is 0 Å². The quantitative estimate of drug-likeness (QED) is 0.664. The van der Waals surface area contributed by atoms with E-state index >= 15 is 0 Å². The second kappa shape index (κ2) is 6.93. The number of anilines is 1. The first-order chi connectivity index (χ1) is 13.3. The first kappa shape index (κ1) is 18.5. The third kappa shape index (κ3) is 3.35. The Hall–Kier alpha value is -2.88. The lowest BCUT2D eigenvalue weighted by molar-refractivity contribution is -0.174. The number of aromatic nitrogens is 2. The van der Waals surface area contributed by atoms with Crippen LogP contribution in [-0.2, 0) is 6.54 Å². The van der Waals surface area contributed by atoms with Crippen LogP contribution in [0.15, 0.2) is 45.6 Å². The Morgan fingerprint density at radius 1 is 1.32 bits per heavy atom. The van der Waals surface area contributed by atoms with E-state index in [1.807, 2.05) is 0 Å². The summed E-state index contributed by atoms with van der Waals surface area (Å²) in [5.41, 5.74) is -0.301. The Morgan fingerprint density at radius 3 is 2.71 bits per heavy atom. The summed E-state index contributed by atoms with van der Waals surface area (Å²) in [4.78, 5) is 12.4. The molecule has 0 spiro atoms. The molecule has 2 atom stereocenters. The molecule has 7 nitrogen and oxygen atoms in total. The fourth-order valence-corrected chi connectivity index (χ4v) is 3.34. The highest BCUT2D eigenvalue weighted by Gasteiger charge is 2.48. The molecular weight excluding hydrogens is 401 g/mol. The highest BCUT2D eigenvalue weighted by atomic mass is 35.5. The summed E-state index contributed by atoms with van der Waals surface area (Å²) in [7, 11) is 0. The van der Waals surface area contributed by atoms with Crippen molar-refractivity contribution in [3.8, 4) is 0 Å². The molecule has 3 aromatic rings. The number of hydrogen-bond donors (Lipinski definition) is 2. The summed E-state index contributed by atoms with van der Waals surface area (Å²) in [6, 6.07) is 3.74. The van der Waals surface area contributed by atoms with Gasteiger partial charge >= 0.3 is 6.18 Å². The molecule has 148 valence electrons. The number of carbonyl (C=O) groups is 1. The maximum Gasteiger partial charge on any atom is 0.410 e. The lowest BCUT2D eigenvalue weighted by Gasteiger charge is -2.32. The third-order valence-electron chi connectivity index (χ3n) is 4.40. The molecule has 1 amide bonds. The molecule has 1 aliphatic heterocycles. The molecule has 0 saturated carbocycles. The molecule has 4 rings (SSSR count). The monoisotopic (exact) mass is 414 g/mol. The molecule has 28 heavy (non-hydrogen) atoms. The number of carbonyl (C=O) groups excluding carboxylic acids is 1. The number of halogens is 4. The summed E-state index contributed by atoms with van der Waals surface area (Å²) in [6.07, 6.45) is -2.12. The number of furan rings is 2. The molecular formula is C17H14ClF3N4O3. The average Bonchev–Trinajstić information content (AvgIpc) is 3.40. The van der Waals surface area contributed by atoms with Gasteiger partial charge in [0.15, 0.2) is 11.7 Å². The number of alkyl halides is 3. The van der Waals surface area contributed by atoms with Gasteiger partial charge in [-0.25, -0.2) is 4.68 Å². The lowest BCUT2D eigenvalue weighted by atomic mass is 10.0. The van der Waals surface area contributed by atoms with Gasteiger partial charge in [-0.05, 0) is 24.3 Å². The van der Waals surface area contributed by atoms with Crippen LogP contribution in [0.2, 0.25) is 5.02 Å². The van der Waals surface area contributed by atoms with Crippen LogP contribution in [0, 0.1) is 0 Å². The highest BCUT2D eigenvalue weighted by Crippen LogP contribution is 2.46. The van der Waals surface area contributed by atoms with Crippen molar-refractivity contribution < 1.29 is 26.8 Å². The molecule has 0 radical (unpaired) electrons. The molecule has 4 heterocycles. The summed E-state index contributed by atoms with van der Waals surface area (Å²) >= 11 is 6.21. The van der Waals surface area contributed by atoms with Crippen molar-refractivity contribution in [1.82, 2.24) is 15.1 Å².